The Kier molecular flexibility index (Phi) is 8.18. The summed E-state index contributed by atoms with van der Waals surface area (Å²) >= 11 is 7.99. The highest BCUT2D eigenvalue weighted by Crippen LogP contribution is 2.53. The molecule has 3 aliphatic rings. The molecule has 2 aliphatic heterocycles. The Bertz CT molecular complexity index is 2650. The number of benzene rings is 5. The molecule has 1 aliphatic carbocycles. The summed E-state index contributed by atoms with van der Waals surface area (Å²) in [5, 5.41) is 11.9. The molecule has 2 unspecified atom stereocenters. The molecule has 2 atom stereocenters. The molecular formula is C42H31N3O4S3. The lowest BCUT2D eigenvalue weighted by Crippen LogP contribution is -2.34. The predicted molar refractivity (Wildman–Crippen MR) is 213 cm³/mol. The second-order valence-corrected chi connectivity index (χ2v) is 15.9. The van der Waals surface area contributed by atoms with Crippen LogP contribution in [-0.4, -0.2) is 36.8 Å². The van der Waals surface area contributed by atoms with Crippen molar-refractivity contribution in [2.75, 3.05) is 4.90 Å². The summed E-state index contributed by atoms with van der Waals surface area (Å²) in [4.78, 5) is 43.8. The zero-order valence-corrected chi connectivity index (χ0v) is 30.2. The van der Waals surface area contributed by atoms with Gasteiger partial charge in [0.1, 0.15) is 13.9 Å². The van der Waals surface area contributed by atoms with Crippen molar-refractivity contribution in [3.05, 3.63) is 163 Å². The fourth-order valence-electron chi connectivity index (χ4n) is 7.84. The van der Waals surface area contributed by atoms with Gasteiger partial charge < -0.3 is 10.0 Å². The lowest BCUT2D eigenvalue weighted by molar-refractivity contribution is -0.137. The third-order valence-corrected chi connectivity index (χ3v) is 12.9. The first-order chi connectivity index (χ1) is 25.3. The molecule has 6 aromatic rings. The van der Waals surface area contributed by atoms with Gasteiger partial charge in [-0.25, -0.2) is 0 Å². The van der Waals surface area contributed by atoms with Crippen LogP contribution in [0.2, 0.25) is 0 Å². The molecule has 9 rings (SSSR count). The zero-order chi connectivity index (χ0) is 35.5. The third kappa shape index (κ3) is 5.58. The minimum Gasteiger partial charge on any atom is -0.481 e. The van der Waals surface area contributed by atoms with Crippen LogP contribution in [0.5, 0.6) is 0 Å². The molecule has 1 N–H and O–H groups in total. The number of aromatic nitrogens is 1. The van der Waals surface area contributed by atoms with Gasteiger partial charge in [-0.2, -0.15) is 0 Å². The van der Waals surface area contributed by atoms with Gasteiger partial charge in [0.2, 0.25) is 0 Å². The maximum atomic E-state index is 14.0. The quantitative estimate of drug-likeness (QED) is 0.182. The molecule has 0 bridgehead atoms. The van der Waals surface area contributed by atoms with Gasteiger partial charge in [-0.3, -0.25) is 23.9 Å². The van der Waals surface area contributed by atoms with Gasteiger partial charge in [-0.05, 0) is 75.4 Å². The number of carboxylic acid groups (broad SMARTS) is 1. The number of amides is 1. The van der Waals surface area contributed by atoms with E-state index in [1.807, 2.05) is 42.5 Å². The second-order valence-electron chi connectivity index (χ2n) is 13.3. The summed E-state index contributed by atoms with van der Waals surface area (Å²) < 4.78 is 2.69. The van der Waals surface area contributed by atoms with Crippen molar-refractivity contribution in [2.45, 2.75) is 37.9 Å². The highest BCUT2D eigenvalue weighted by molar-refractivity contribution is 8.30. The van der Waals surface area contributed by atoms with Gasteiger partial charge in [0, 0.05) is 29.9 Å². The van der Waals surface area contributed by atoms with Crippen molar-refractivity contribution in [2.24, 2.45) is 0 Å². The van der Waals surface area contributed by atoms with E-state index < -0.39 is 5.97 Å². The average Bonchev–Trinajstić information content (AvgIpc) is 3.86. The van der Waals surface area contributed by atoms with Gasteiger partial charge in [0.25, 0.3) is 11.5 Å². The molecule has 256 valence electrons. The number of carbonyl (C=O) groups is 2. The number of rotatable bonds is 7. The van der Waals surface area contributed by atoms with Crippen molar-refractivity contribution in [3.63, 3.8) is 0 Å². The molecular weight excluding hydrogens is 707 g/mol. The fraction of sp³-hybridized carbons (Fsp3) is 0.143. The molecule has 3 heterocycles. The molecule has 1 fully saturated rings. The lowest BCUT2D eigenvalue weighted by Gasteiger charge is -2.27. The van der Waals surface area contributed by atoms with Gasteiger partial charge in [-0.15, -0.1) is 11.3 Å². The first-order valence-electron chi connectivity index (χ1n) is 17.1. The van der Waals surface area contributed by atoms with E-state index >= 15 is 0 Å². The number of thiocarbonyl (C=S) groups is 1. The molecule has 10 heteroatoms. The van der Waals surface area contributed by atoms with E-state index in [1.165, 1.54) is 48.3 Å². The smallest absolute Gasteiger partial charge is 0.305 e. The molecule has 1 amide bonds. The number of aliphatic carboxylic acids is 1. The average molecular weight is 738 g/mol. The molecule has 0 spiro atoms. The van der Waals surface area contributed by atoms with Crippen LogP contribution in [-0.2, 0) is 29.1 Å². The summed E-state index contributed by atoms with van der Waals surface area (Å²) in [5.41, 5.74) is 7.67. The minimum atomic E-state index is -1.02. The van der Waals surface area contributed by atoms with Gasteiger partial charge in [0.15, 0.2) is 0 Å². The Morgan fingerprint density at radius 1 is 0.865 bits per heavy atom. The molecule has 5 aromatic carbocycles. The number of hydrogen-bond donors (Lipinski definition) is 1. The van der Waals surface area contributed by atoms with E-state index in [0.29, 0.717) is 25.0 Å². The molecule has 0 saturated carbocycles. The number of carboxylic acids is 1. The van der Waals surface area contributed by atoms with E-state index in [1.54, 1.807) is 0 Å². The number of anilines is 2. The van der Waals surface area contributed by atoms with Crippen LogP contribution in [0, 0.1) is 0 Å². The lowest BCUT2D eigenvalue weighted by atomic mass is 9.92. The standard InChI is InChI=1S/C42H31N3O4S3/c46-36(47)18-19-43-39(48)35(51-41(43)38-40(49)44(42(50)52-38)24-25-8-2-1-3-9-25)21-26-14-17-33-32(20-26)37-31-13-7-6-12-29(31)23-34(37)45(33)30-16-15-27-10-4-5-11-28(27)22-30/h1-17,20-22,34,37H,18-19,23-24H2,(H,46,47)/b35-21-,41-38+. The number of thioether (sulfide) groups is 1. The van der Waals surface area contributed by atoms with E-state index in [2.05, 4.69) is 83.8 Å². The number of carbonyl (C=O) groups excluding carboxylic acids is 1. The van der Waals surface area contributed by atoms with Crippen LogP contribution in [0.3, 0.4) is 0 Å². The van der Waals surface area contributed by atoms with Crippen molar-refractivity contribution < 1.29 is 14.7 Å². The van der Waals surface area contributed by atoms with E-state index in [0.717, 1.165) is 40.7 Å². The summed E-state index contributed by atoms with van der Waals surface area (Å²) in [6, 6.07) is 39.9. The van der Waals surface area contributed by atoms with E-state index in [4.69, 9.17) is 12.2 Å². The van der Waals surface area contributed by atoms with Crippen LogP contribution >= 0.6 is 35.3 Å². The number of thiazole rings is 1. The Labute approximate surface area is 312 Å². The SMILES string of the molecule is O=C(O)CCn1c(=O)/c(=C/c2ccc3c(c2)C2c4ccccc4CC2N3c2ccc3ccccc3c2)s/c1=C1/SC(=S)N(Cc2ccccc2)C1=O. The van der Waals surface area contributed by atoms with Crippen LogP contribution < -0.4 is 19.7 Å². The van der Waals surface area contributed by atoms with Crippen molar-refractivity contribution in [1.29, 1.82) is 0 Å². The monoisotopic (exact) mass is 737 g/mol. The zero-order valence-electron chi connectivity index (χ0n) is 27.8. The van der Waals surface area contributed by atoms with E-state index in [9.17, 15) is 19.5 Å². The molecule has 0 radical (unpaired) electrons. The maximum Gasteiger partial charge on any atom is 0.305 e. The minimum absolute atomic E-state index is 0.0535. The second kappa shape index (κ2) is 13.0. The first kappa shape index (κ1) is 32.6. The Hall–Kier alpha value is -5.29. The van der Waals surface area contributed by atoms with Crippen LogP contribution in [0.4, 0.5) is 11.4 Å². The highest BCUT2D eigenvalue weighted by Gasteiger charge is 2.45. The van der Waals surface area contributed by atoms with Crippen LogP contribution in [0.15, 0.2) is 120 Å². The van der Waals surface area contributed by atoms with Crippen molar-refractivity contribution >= 4 is 84.6 Å². The van der Waals surface area contributed by atoms with Crippen LogP contribution in [0.1, 0.15) is 40.2 Å². The number of hydrogen-bond acceptors (Lipinski definition) is 7. The first-order valence-corrected chi connectivity index (χ1v) is 19.1. The van der Waals surface area contributed by atoms with Crippen molar-refractivity contribution in [3.8, 4) is 0 Å². The van der Waals surface area contributed by atoms with Gasteiger partial charge in [0.05, 0.1) is 17.5 Å². The topological polar surface area (TPSA) is 82.8 Å². The third-order valence-electron chi connectivity index (χ3n) is 10.2. The summed E-state index contributed by atoms with van der Waals surface area (Å²) in [6.07, 6.45) is 2.55. The predicted octanol–water partition coefficient (Wildman–Crippen LogP) is 6.74. The molecule has 52 heavy (non-hydrogen) atoms. The Morgan fingerprint density at radius 2 is 1.63 bits per heavy atom. The highest BCUT2D eigenvalue weighted by atomic mass is 32.2. The maximum absolute atomic E-state index is 14.0. The Balaban J connectivity index is 1.15. The van der Waals surface area contributed by atoms with Gasteiger partial charge in [-0.1, -0.05) is 115 Å². The summed E-state index contributed by atoms with van der Waals surface area (Å²) in [7, 11) is 0. The number of fused-ring (bicyclic) bond motifs is 6. The Morgan fingerprint density at radius 3 is 2.46 bits per heavy atom. The normalized spacial score (nSPS) is 19.0. The largest absolute Gasteiger partial charge is 0.481 e. The van der Waals surface area contributed by atoms with Crippen molar-refractivity contribution in [1.82, 2.24) is 9.47 Å². The molecule has 7 nitrogen and oxygen atoms in total. The fourth-order valence-corrected chi connectivity index (χ4v) is 10.4. The van der Waals surface area contributed by atoms with Gasteiger partial charge >= 0.3 is 5.97 Å². The molecule has 1 aromatic heterocycles. The summed E-state index contributed by atoms with van der Waals surface area (Å²) in [6.45, 7) is 0.261. The summed E-state index contributed by atoms with van der Waals surface area (Å²) in [5.74, 6) is -1.14. The number of nitrogens with zero attached hydrogens (tertiary/aromatic N) is 3. The molecule has 1 saturated heterocycles. The van der Waals surface area contributed by atoms with Crippen LogP contribution in [0.25, 0.3) is 21.8 Å². The van der Waals surface area contributed by atoms with E-state index in [-0.39, 0.29) is 36.4 Å².